The summed E-state index contributed by atoms with van der Waals surface area (Å²) in [6.07, 6.45) is 0.434. The van der Waals surface area contributed by atoms with Crippen molar-refractivity contribution < 1.29 is 4.79 Å². The predicted octanol–water partition coefficient (Wildman–Crippen LogP) is 1.59. The molecule has 0 aromatic heterocycles. The van der Waals surface area contributed by atoms with Gasteiger partial charge in [-0.2, -0.15) is 0 Å². The number of nitrogens with one attached hydrogen (secondary N) is 1. The number of likely N-dealkylation sites (N-methyl/N-ethyl adjacent to an activating group) is 1. The first-order chi connectivity index (χ1) is 8.11. The molecule has 4 heteroatoms. The van der Waals surface area contributed by atoms with Crippen molar-refractivity contribution in [2.75, 3.05) is 26.7 Å². The molecule has 0 saturated carbocycles. The molecule has 1 aromatic rings. The van der Waals surface area contributed by atoms with E-state index < -0.39 is 0 Å². The molecule has 0 spiro atoms. The number of rotatable bonds is 6. The summed E-state index contributed by atoms with van der Waals surface area (Å²) in [4.78, 5) is 14.7. The van der Waals surface area contributed by atoms with Crippen LogP contribution < -0.4 is 5.32 Å². The van der Waals surface area contributed by atoms with Gasteiger partial charge in [0.25, 0.3) is 0 Å². The first-order valence-corrected chi connectivity index (χ1v) is 6.29. The molecule has 17 heavy (non-hydrogen) atoms. The van der Waals surface area contributed by atoms with Crippen LogP contribution >= 0.6 is 12.6 Å². The van der Waals surface area contributed by atoms with Crippen LogP contribution in [-0.2, 0) is 11.2 Å². The Morgan fingerprint density at radius 1 is 1.35 bits per heavy atom. The van der Waals surface area contributed by atoms with Gasteiger partial charge in [-0.25, -0.2) is 0 Å². The Kier molecular flexibility index (Phi) is 6.08. The van der Waals surface area contributed by atoms with Crippen molar-refractivity contribution >= 4 is 18.5 Å². The lowest BCUT2D eigenvalue weighted by Crippen LogP contribution is -2.33. The van der Waals surface area contributed by atoms with E-state index in [9.17, 15) is 4.79 Å². The third-order valence-corrected chi connectivity index (χ3v) is 2.95. The van der Waals surface area contributed by atoms with Crippen LogP contribution in [0.15, 0.2) is 29.2 Å². The maximum Gasteiger partial charge on any atom is 0.224 e. The topological polar surface area (TPSA) is 32.3 Å². The minimum atomic E-state index is 0.0708. The third-order valence-electron chi connectivity index (χ3n) is 2.66. The molecule has 0 aliphatic heterocycles. The number of amides is 1. The molecular weight excluding hydrogens is 232 g/mol. The van der Waals surface area contributed by atoms with Crippen molar-refractivity contribution in [2.24, 2.45) is 0 Å². The summed E-state index contributed by atoms with van der Waals surface area (Å²) < 4.78 is 0. The van der Waals surface area contributed by atoms with Gasteiger partial charge in [0.05, 0.1) is 6.42 Å². The lowest BCUT2D eigenvalue weighted by atomic mass is 10.1. The van der Waals surface area contributed by atoms with Gasteiger partial charge in [0.1, 0.15) is 0 Å². The van der Waals surface area contributed by atoms with Crippen LogP contribution in [0.5, 0.6) is 0 Å². The number of hydrogen-bond donors (Lipinski definition) is 2. The molecule has 1 N–H and O–H groups in total. The fraction of sp³-hybridized carbons (Fsp3) is 0.462. The number of carbonyl (C=O) groups is 1. The molecule has 0 aliphatic carbocycles. The molecule has 0 fully saturated rings. The van der Waals surface area contributed by atoms with Crippen LogP contribution in [0.2, 0.25) is 0 Å². The fourth-order valence-corrected chi connectivity index (χ4v) is 1.56. The SMILES string of the molecule is CCN(C)CCNC(=O)Cc1ccc(S)cc1. The van der Waals surface area contributed by atoms with Gasteiger partial charge < -0.3 is 10.2 Å². The van der Waals surface area contributed by atoms with Gasteiger partial charge in [0, 0.05) is 18.0 Å². The van der Waals surface area contributed by atoms with Gasteiger partial charge in [-0.1, -0.05) is 19.1 Å². The molecule has 3 nitrogen and oxygen atoms in total. The Labute approximate surface area is 109 Å². The van der Waals surface area contributed by atoms with E-state index in [1.807, 2.05) is 31.3 Å². The van der Waals surface area contributed by atoms with Gasteiger partial charge in [-0.05, 0) is 31.3 Å². The minimum absolute atomic E-state index is 0.0708. The molecule has 0 radical (unpaired) electrons. The largest absolute Gasteiger partial charge is 0.355 e. The second kappa shape index (κ2) is 7.35. The number of thiol groups is 1. The monoisotopic (exact) mass is 252 g/mol. The molecule has 1 aromatic carbocycles. The van der Waals surface area contributed by atoms with E-state index in [0.717, 1.165) is 23.5 Å². The molecule has 0 bridgehead atoms. The van der Waals surface area contributed by atoms with Gasteiger partial charge in [-0.15, -0.1) is 12.6 Å². The molecule has 0 atom stereocenters. The summed E-state index contributed by atoms with van der Waals surface area (Å²) >= 11 is 4.21. The highest BCUT2D eigenvalue weighted by atomic mass is 32.1. The minimum Gasteiger partial charge on any atom is -0.355 e. The summed E-state index contributed by atoms with van der Waals surface area (Å²) in [7, 11) is 2.04. The maximum absolute atomic E-state index is 11.6. The number of benzene rings is 1. The zero-order chi connectivity index (χ0) is 12.7. The number of carbonyl (C=O) groups excluding carboxylic acids is 1. The average Bonchev–Trinajstić information content (AvgIpc) is 2.32. The third kappa shape index (κ3) is 5.75. The Balaban J connectivity index is 2.27. The molecule has 0 aliphatic rings. The fourth-order valence-electron chi connectivity index (χ4n) is 1.41. The highest BCUT2D eigenvalue weighted by Crippen LogP contribution is 2.07. The lowest BCUT2D eigenvalue weighted by Gasteiger charge is -2.13. The number of nitrogens with zero attached hydrogens (tertiary/aromatic N) is 1. The standard InChI is InChI=1S/C13H20N2OS/c1-3-15(2)9-8-14-13(16)10-11-4-6-12(17)7-5-11/h4-7,17H,3,8-10H2,1-2H3,(H,14,16). The van der Waals surface area contributed by atoms with Crippen molar-refractivity contribution in [1.29, 1.82) is 0 Å². The van der Waals surface area contributed by atoms with Crippen LogP contribution in [0, 0.1) is 0 Å². The average molecular weight is 252 g/mol. The predicted molar refractivity (Wildman–Crippen MR) is 73.6 cm³/mol. The molecule has 0 unspecified atom stereocenters. The van der Waals surface area contributed by atoms with Gasteiger partial charge in [-0.3, -0.25) is 4.79 Å². The summed E-state index contributed by atoms with van der Waals surface area (Å²) in [5.41, 5.74) is 1.02. The molecule has 0 heterocycles. The molecular formula is C13H20N2OS. The van der Waals surface area contributed by atoms with Crippen LogP contribution in [0.4, 0.5) is 0 Å². The van der Waals surface area contributed by atoms with E-state index in [-0.39, 0.29) is 5.91 Å². The van der Waals surface area contributed by atoms with Gasteiger partial charge in [0.15, 0.2) is 0 Å². The van der Waals surface area contributed by atoms with E-state index >= 15 is 0 Å². The first-order valence-electron chi connectivity index (χ1n) is 5.85. The highest BCUT2D eigenvalue weighted by Gasteiger charge is 2.03. The quantitative estimate of drug-likeness (QED) is 0.754. The Morgan fingerprint density at radius 2 is 2.00 bits per heavy atom. The smallest absolute Gasteiger partial charge is 0.224 e. The van der Waals surface area contributed by atoms with Crippen LogP contribution in [0.25, 0.3) is 0 Å². The first kappa shape index (κ1) is 14.1. The van der Waals surface area contributed by atoms with E-state index in [1.165, 1.54) is 0 Å². The summed E-state index contributed by atoms with van der Waals surface area (Å²) in [6.45, 7) is 4.69. The van der Waals surface area contributed by atoms with Crippen LogP contribution in [-0.4, -0.2) is 37.5 Å². The lowest BCUT2D eigenvalue weighted by molar-refractivity contribution is -0.120. The van der Waals surface area contributed by atoms with Crippen molar-refractivity contribution in [3.63, 3.8) is 0 Å². The van der Waals surface area contributed by atoms with Gasteiger partial charge >= 0.3 is 0 Å². The summed E-state index contributed by atoms with van der Waals surface area (Å²) in [5, 5.41) is 2.91. The van der Waals surface area contributed by atoms with E-state index in [0.29, 0.717) is 13.0 Å². The normalized spacial score (nSPS) is 10.6. The zero-order valence-corrected chi connectivity index (χ0v) is 11.3. The van der Waals surface area contributed by atoms with Crippen molar-refractivity contribution in [2.45, 2.75) is 18.2 Å². The Hall–Kier alpha value is -1.00. The molecule has 0 saturated heterocycles. The summed E-state index contributed by atoms with van der Waals surface area (Å²) in [6, 6.07) is 7.66. The van der Waals surface area contributed by atoms with E-state index in [1.54, 1.807) is 0 Å². The zero-order valence-electron chi connectivity index (χ0n) is 10.4. The molecule has 1 rings (SSSR count). The van der Waals surface area contributed by atoms with Crippen molar-refractivity contribution in [3.8, 4) is 0 Å². The maximum atomic E-state index is 11.6. The van der Waals surface area contributed by atoms with Crippen molar-refractivity contribution in [1.82, 2.24) is 10.2 Å². The Morgan fingerprint density at radius 3 is 2.59 bits per heavy atom. The molecule has 1 amide bonds. The van der Waals surface area contributed by atoms with E-state index in [4.69, 9.17) is 0 Å². The van der Waals surface area contributed by atoms with Crippen molar-refractivity contribution in [3.05, 3.63) is 29.8 Å². The Bertz CT molecular complexity index is 351. The highest BCUT2D eigenvalue weighted by molar-refractivity contribution is 7.80. The van der Waals surface area contributed by atoms with Gasteiger partial charge in [0.2, 0.25) is 5.91 Å². The van der Waals surface area contributed by atoms with E-state index in [2.05, 4.69) is 29.8 Å². The molecule has 94 valence electrons. The second-order valence-electron chi connectivity index (χ2n) is 4.09. The van der Waals surface area contributed by atoms with Crippen LogP contribution in [0.3, 0.4) is 0 Å². The second-order valence-corrected chi connectivity index (χ2v) is 4.61. The van der Waals surface area contributed by atoms with Crippen LogP contribution in [0.1, 0.15) is 12.5 Å². The summed E-state index contributed by atoms with van der Waals surface area (Å²) in [5.74, 6) is 0.0708. The number of hydrogen-bond acceptors (Lipinski definition) is 3.